The lowest BCUT2D eigenvalue weighted by Crippen LogP contribution is -2.50. The van der Waals surface area contributed by atoms with E-state index in [0.29, 0.717) is 5.69 Å². The van der Waals surface area contributed by atoms with E-state index in [4.69, 9.17) is 4.74 Å². The normalized spacial score (nSPS) is 28.1. The number of amides is 3. The summed E-state index contributed by atoms with van der Waals surface area (Å²) in [5.41, 5.74) is 1.67. The van der Waals surface area contributed by atoms with E-state index in [-0.39, 0.29) is 41.4 Å². The molecule has 1 aromatic rings. The number of imide groups is 1. The van der Waals surface area contributed by atoms with Crippen LogP contribution in [0.1, 0.15) is 38.7 Å². The Morgan fingerprint density at radius 3 is 2.17 bits per heavy atom. The Kier molecular flexibility index (Phi) is 5.38. The highest BCUT2D eigenvalue weighted by atomic mass is 16.5. The number of hydrogen-bond acceptors (Lipinski definition) is 5. The molecule has 0 radical (unpaired) electrons. The largest absolute Gasteiger partial charge is 0.454 e. The van der Waals surface area contributed by atoms with Crippen molar-refractivity contribution in [2.45, 2.75) is 46.1 Å². The van der Waals surface area contributed by atoms with Gasteiger partial charge >= 0.3 is 5.97 Å². The summed E-state index contributed by atoms with van der Waals surface area (Å²) in [6.07, 6.45) is 2.90. The van der Waals surface area contributed by atoms with E-state index in [1.165, 1.54) is 0 Å². The zero-order chi connectivity index (χ0) is 21.6. The molecule has 5 atom stereocenters. The number of anilines is 1. The van der Waals surface area contributed by atoms with Crippen LogP contribution in [0.3, 0.4) is 0 Å². The minimum absolute atomic E-state index is 0.239. The lowest BCUT2D eigenvalue weighted by atomic mass is 9.81. The molecule has 7 nitrogen and oxygen atoms in total. The summed E-state index contributed by atoms with van der Waals surface area (Å²) in [6, 6.07) is 6.26. The van der Waals surface area contributed by atoms with Crippen molar-refractivity contribution >= 4 is 29.4 Å². The number of aryl methyl sites for hydroxylation is 1. The van der Waals surface area contributed by atoms with E-state index in [2.05, 4.69) is 5.32 Å². The quantitative estimate of drug-likeness (QED) is 0.573. The summed E-state index contributed by atoms with van der Waals surface area (Å²) < 4.78 is 5.23. The molecule has 160 valence electrons. The maximum Gasteiger partial charge on any atom is 0.330 e. The van der Waals surface area contributed by atoms with E-state index in [0.717, 1.165) is 29.7 Å². The van der Waals surface area contributed by atoms with Crippen LogP contribution in [-0.4, -0.2) is 41.2 Å². The molecule has 0 unspecified atom stereocenters. The average Bonchev–Trinajstić information content (AvgIpc) is 3.38. The molecule has 1 saturated heterocycles. The Morgan fingerprint density at radius 1 is 1.07 bits per heavy atom. The van der Waals surface area contributed by atoms with Crippen molar-refractivity contribution in [3.63, 3.8) is 0 Å². The Bertz CT molecular complexity index is 850. The highest BCUT2D eigenvalue weighted by Gasteiger charge is 2.62. The van der Waals surface area contributed by atoms with E-state index < -0.39 is 24.5 Å². The molecular weight excluding hydrogens is 384 g/mol. The maximum absolute atomic E-state index is 13.1. The van der Waals surface area contributed by atoms with Gasteiger partial charge in [-0.25, -0.2) is 4.79 Å². The van der Waals surface area contributed by atoms with Crippen molar-refractivity contribution in [2.24, 2.45) is 29.6 Å². The van der Waals surface area contributed by atoms with Crippen molar-refractivity contribution in [1.29, 1.82) is 0 Å². The van der Waals surface area contributed by atoms with Crippen LogP contribution < -0.4 is 5.32 Å². The molecule has 3 amide bonds. The van der Waals surface area contributed by atoms with E-state index >= 15 is 0 Å². The van der Waals surface area contributed by atoms with Crippen LogP contribution in [0.15, 0.2) is 24.3 Å². The van der Waals surface area contributed by atoms with Gasteiger partial charge in [-0.3, -0.25) is 19.3 Å². The van der Waals surface area contributed by atoms with Crippen molar-refractivity contribution in [3.8, 4) is 0 Å². The number of rotatable bonds is 6. The lowest BCUT2D eigenvalue weighted by molar-refractivity contribution is -0.162. The van der Waals surface area contributed by atoms with Crippen LogP contribution in [-0.2, 0) is 23.9 Å². The molecule has 7 heteroatoms. The minimum Gasteiger partial charge on any atom is -0.454 e. The fourth-order valence-corrected chi connectivity index (χ4v) is 5.44. The van der Waals surface area contributed by atoms with Gasteiger partial charge in [-0.2, -0.15) is 0 Å². The molecule has 4 rings (SSSR count). The number of hydrogen-bond donors (Lipinski definition) is 1. The third-order valence-corrected chi connectivity index (χ3v) is 6.79. The van der Waals surface area contributed by atoms with Gasteiger partial charge in [-0.05, 0) is 56.1 Å². The van der Waals surface area contributed by atoms with E-state index in [9.17, 15) is 19.2 Å². The topological polar surface area (TPSA) is 92.8 Å². The maximum atomic E-state index is 13.1. The van der Waals surface area contributed by atoms with Crippen molar-refractivity contribution in [2.75, 3.05) is 11.9 Å². The number of nitrogens with zero attached hydrogens (tertiary/aromatic N) is 1. The lowest BCUT2D eigenvalue weighted by Gasteiger charge is -2.28. The molecule has 1 N–H and O–H groups in total. The highest BCUT2D eigenvalue weighted by Crippen LogP contribution is 2.56. The first kappa shape index (κ1) is 20.6. The number of carbonyl (C=O) groups is 4. The first-order valence-electron chi connectivity index (χ1n) is 10.7. The summed E-state index contributed by atoms with van der Waals surface area (Å²) in [5, 5.41) is 2.67. The summed E-state index contributed by atoms with van der Waals surface area (Å²) in [4.78, 5) is 52.2. The summed E-state index contributed by atoms with van der Waals surface area (Å²) in [7, 11) is 0. The smallest absolute Gasteiger partial charge is 0.330 e. The first-order valence-corrected chi connectivity index (χ1v) is 10.7. The second-order valence-corrected chi connectivity index (χ2v) is 9.14. The highest BCUT2D eigenvalue weighted by molar-refractivity contribution is 6.08. The number of carbonyl (C=O) groups excluding carboxylic acids is 4. The summed E-state index contributed by atoms with van der Waals surface area (Å²) >= 11 is 0. The Labute approximate surface area is 176 Å². The molecule has 1 aliphatic heterocycles. The van der Waals surface area contributed by atoms with Crippen molar-refractivity contribution in [1.82, 2.24) is 4.90 Å². The zero-order valence-electron chi connectivity index (χ0n) is 17.6. The molecule has 2 aliphatic carbocycles. The number of likely N-dealkylation sites (tertiary alicyclic amines) is 1. The molecule has 3 aliphatic rings. The SMILES string of the molecule is Cc1ccc(NC(=O)COC(=O)[C@H](C(C)C)N2C(=O)[C@H]3[C@@H]4CC[C@@H](C4)[C@@H]3C2=O)cc1. The molecule has 0 spiro atoms. The molecule has 1 heterocycles. The Morgan fingerprint density at radius 2 is 1.63 bits per heavy atom. The molecule has 0 aromatic heterocycles. The fourth-order valence-electron chi connectivity index (χ4n) is 5.44. The zero-order valence-corrected chi connectivity index (χ0v) is 17.6. The van der Waals surface area contributed by atoms with Gasteiger partial charge in [0.15, 0.2) is 6.61 Å². The van der Waals surface area contributed by atoms with Gasteiger partial charge in [0, 0.05) is 5.69 Å². The molecule has 30 heavy (non-hydrogen) atoms. The van der Waals surface area contributed by atoms with Crippen molar-refractivity contribution < 1.29 is 23.9 Å². The van der Waals surface area contributed by atoms with Gasteiger partial charge in [0.05, 0.1) is 11.8 Å². The van der Waals surface area contributed by atoms with Gasteiger partial charge in [0.2, 0.25) is 11.8 Å². The van der Waals surface area contributed by atoms with Gasteiger partial charge in [0.25, 0.3) is 5.91 Å². The van der Waals surface area contributed by atoms with E-state index in [1.54, 1.807) is 26.0 Å². The molecule has 2 saturated carbocycles. The van der Waals surface area contributed by atoms with Crippen LogP contribution in [0.4, 0.5) is 5.69 Å². The van der Waals surface area contributed by atoms with E-state index in [1.807, 2.05) is 19.1 Å². The standard InChI is InChI=1S/C23H28N2O5/c1-12(2)20(23(29)30-11-17(26)24-16-8-4-13(3)5-9-16)25-21(27)18-14-6-7-15(10-14)19(18)22(25)28/h4-5,8-9,12,14-15,18-20H,6-7,10-11H2,1-3H3,(H,24,26)/t14-,15+,18-,19-,20-/m0/s1. The van der Waals surface area contributed by atoms with Gasteiger partial charge < -0.3 is 10.1 Å². The first-order chi connectivity index (χ1) is 14.3. The third kappa shape index (κ3) is 3.50. The average molecular weight is 412 g/mol. The summed E-state index contributed by atoms with van der Waals surface area (Å²) in [5.74, 6) is -2.01. The minimum atomic E-state index is -0.998. The summed E-state index contributed by atoms with van der Waals surface area (Å²) in [6.45, 7) is 5.04. The monoisotopic (exact) mass is 412 g/mol. The number of nitrogens with one attached hydrogen (secondary N) is 1. The predicted octanol–water partition coefficient (Wildman–Crippen LogP) is 2.53. The van der Waals surface area contributed by atoms with Crippen molar-refractivity contribution in [3.05, 3.63) is 29.8 Å². The van der Waals surface area contributed by atoms with Crippen LogP contribution in [0, 0.1) is 36.5 Å². The van der Waals surface area contributed by atoms with Gasteiger partial charge in [-0.1, -0.05) is 31.5 Å². The molecule has 1 aromatic carbocycles. The Balaban J connectivity index is 1.41. The second kappa shape index (κ2) is 7.85. The van der Waals surface area contributed by atoms with Crippen LogP contribution >= 0.6 is 0 Å². The number of benzene rings is 1. The fraction of sp³-hybridized carbons (Fsp3) is 0.565. The predicted molar refractivity (Wildman–Crippen MR) is 109 cm³/mol. The number of fused-ring (bicyclic) bond motifs is 5. The number of esters is 1. The van der Waals surface area contributed by atoms with Gasteiger partial charge in [0.1, 0.15) is 6.04 Å². The third-order valence-electron chi connectivity index (χ3n) is 6.79. The second-order valence-electron chi connectivity index (χ2n) is 9.14. The number of ether oxygens (including phenoxy) is 1. The van der Waals surface area contributed by atoms with Gasteiger partial charge in [-0.15, -0.1) is 0 Å². The Hall–Kier alpha value is -2.70. The van der Waals surface area contributed by atoms with Crippen LogP contribution in [0.2, 0.25) is 0 Å². The molecule has 2 bridgehead atoms. The van der Waals surface area contributed by atoms with Crippen LogP contribution in [0.5, 0.6) is 0 Å². The molecular formula is C23H28N2O5. The molecule has 3 fully saturated rings. The van der Waals surface area contributed by atoms with Crippen LogP contribution in [0.25, 0.3) is 0 Å².